The van der Waals surface area contributed by atoms with Crippen LogP contribution < -0.4 is 10.6 Å². The largest absolute Gasteiger partial charge is 0.381 e. The van der Waals surface area contributed by atoms with Gasteiger partial charge < -0.3 is 15.7 Å². The zero-order valence-electron chi connectivity index (χ0n) is 8.46. The number of nitrogens with one attached hydrogen (secondary N) is 2. The van der Waals surface area contributed by atoms with E-state index in [1.54, 1.807) is 0 Å². The molecular weight excluding hydrogens is 184 g/mol. The summed E-state index contributed by atoms with van der Waals surface area (Å²) in [5, 5.41) is 14.7. The third kappa shape index (κ3) is 2.99. The van der Waals surface area contributed by atoms with Crippen molar-refractivity contribution in [2.75, 3.05) is 6.54 Å². The van der Waals surface area contributed by atoms with Crippen LogP contribution in [0.15, 0.2) is 0 Å². The van der Waals surface area contributed by atoms with Gasteiger partial charge in [-0.25, -0.2) is 0 Å². The van der Waals surface area contributed by atoms with Crippen LogP contribution >= 0.6 is 0 Å². The highest BCUT2D eigenvalue weighted by Gasteiger charge is 2.27. The molecule has 1 heterocycles. The molecule has 0 aromatic carbocycles. The summed E-state index contributed by atoms with van der Waals surface area (Å²) < 4.78 is 0. The van der Waals surface area contributed by atoms with Crippen LogP contribution in [0.3, 0.4) is 0 Å². The first-order valence-electron chi connectivity index (χ1n) is 4.69. The van der Waals surface area contributed by atoms with Gasteiger partial charge in [-0.05, 0) is 20.3 Å². The maximum atomic E-state index is 11.3. The van der Waals surface area contributed by atoms with E-state index in [2.05, 4.69) is 10.6 Å². The van der Waals surface area contributed by atoms with E-state index < -0.39 is 11.5 Å². The number of rotatable bonds is 2. The van der Waals surface area contributed by atoms with Crippen LogP contribution in [0.2, 0.25) is 0 Å². The number of hydrogen-bond acceptors (Lipinski definition) is 3. The molecule has 0 aliphatic carbocycles. The van der Waals surface area contributed by atoms with Crippen LogP contribution in [-0.2, 0) is 9.59 Å². The van der Waals surface area contributed by atoms with Gasteiger partial charge >= 0.3 is 0 Å². The van der Waals surface area contributed by atoms with E-state index in [0.29, 0.717) is 19.4 Å². The zero-order chi connectivity index (χ0) is 10.8. The number of amides is 2. The minimum absolute atomic E-state index is 0.0127. The van der Waals surface area contributed by atoms with Gasteiger partial charge in [-0.2, -0.15) is 0 Å². The molecule has 0 spiro atoms. The molecule has 1 unspecified atom stereocenters. The molecule has 1 saturated heterocycles. The van der Waals surface area contributed by atoms with Crippen molar-refractivity contribution in [1.29, 1.82) is 0 Å². The monoisotopic (exact) mass is 200 g/mol. The van der Waals surface area contributed by atoms with Crippen molar-refractivity contribution >= 4 is 11.8 Å². The number of hydrogen-bond donors (Lipinski definition) is 3. The van der Waals surface area contributed by atoms with E-state index in [1.807, 2.05) is 0 Å². The van der Waals surface area contributed by atoms with E-state index in [1.165, 1.54) is 13.8 Å². The molecule has 2 amide bonds. The minimum Gasteiger partial charge on any atom is -0.381 e. The summed E-state index contributed by atoms with van der Waals surface area (Å²) in [5.41, 5.74) is -1.36. The molecule has 1 fully saturated rings. The van der Waals surface area contributed by atoms with Crippen molar-refractivity contribution in [2.45, 2.75) is 38.3 Å². The Kier molecular flexibility index (Phi) is 3.10. The Morgan fingerprint density at radius 2 is 2.29 bits per heavy atom. The summed E-state index contributed by atoms with van der Waals surface area (Å²) in [6.45, 7) is 3.31. The van der Waals surface area contributed by atoms with Gasteiger partial charge in [0.2, 0.25) is 5.91 Å². The van der Waals surface area contributed by atoms with Crippen LogP contribution in [0, 0.1) is 0 Å². The lowest BCUT2D eigenvalue weighted by Crippen LogP contribution is -2.52. The molecule has 1 rings (SSSR count). The molecule has 3 N–H and O–H groups in total. The first-order chi connectivity index (χ1) is 6.39. The van der Waals surface area contributed by atoms with Crippen LogP contribution in [-0.4, -0.2) is 35.1 Å². The van der Waals surface area contributed by atoms with Gasteiger partial charge in [-0.15, -0.1) is 0 Å². The van der Waals surface area contributed by atoms with Gasteiger partial charge in [-0.3, -0.25) is 9.59 Å². The number of aliphatic hydroxyl groups is 1. The summed E-state index contributed by atoms with van der Waals surface area (Å²) in [6.07, 6.45) is 1.06. The van der Waals surface area contributed by atoms with Gasteiger partial charge in [0.25, 0.3) is 5.91 Å². The lowest BCUT2D eigenvalue weighted by Gasteiger charge is -2.26. The molecule has 80 valence electrons. The molecule has 0 saturated carbocycles. The van der Waals surface area contributed by atoms with Crippen molar-refractivity contribution in [3.8, 4) is 0 Å². The first kappa shape index (κ1) is 11.0. The maximum absolute atomic E-state index is 11.3. The average molecular weight is 200 g/mol. The Morgan fingerprint density at radius 3 is 2.71 bits per heavy atom. The molecule has 0 radical (unpaired) electrons. The van der Waals surface area contributed by atoms with Crippen LogP contribution in [0.1, 0.15) is 26.7 Å². The molecule has 14 heavy (non-hydrogen) atoms. The second-order valence-corrected chi connectivity index (χ2v) is 4.07. The Morgan fingerprint density at radius 1 is 1.64 bits per heavy atom. The Bertz CT molecular complexity index is 235. The van der Waals surface area contributed by atoms with Crippen LogP contribution in [0.5, 0.6) is 0 Å². The Labute approximate surface area is 82.9 Å². The van der Waals surface area contributed by atoms with E-state index in [-0.39, 0.29) is 11.9 Å². The standard InChI is InChI=1S/C9H16N2O3/c1-9(2,14)8(13)11-6-3-4-7(12)10-5-6/h6,14H,3-5H2,1-2H3,(H,10,12)(H,11,13). The number of carbonyl (C=O) groups is 2. The first-order valence-corrected chi connectivity index (χ1v) is 4.69. The van der Waals surface area contributed by atoms with Gasteiger partial charge in [0, 0.05) is 19.0 Å². The third-order valence-electron chi connectivity index (χ3n) is 2.16. The topological polar surface area (TPSA) is 78.4 Å². The zero-order valence-corrected chi connectivity index (χ0v) is 8.46. The van der Waals surface area contributed by atoms with Gasteiger partial charge in [-0.1, -0.05) is 0 Å². The predicted octanol–water partition coefficient (Wildman–Crippen LogP) is -0.848. The molecule has 1 aliphatic heterocycles. The fourth-order valence-electron chi connectivity index (χ4n) is 1.22. The second kappa shape index (κ2) is 3.96. The number of piperidine rings is 1. The molecule has 0 bridgehead atoms. The fourth-order valence-corrected chi connectivity index (χ4v) is 1.22. The lowest BCUT2D eigenvalue weighted by molar-refractivity contribution is -0.138. The summed E-state index contributed by atoms with van der Waals surface area (Å²) in [4.78, 5) is 22.2. The Balaban J connectivity index is 2.38. The average Bonchev–Trinajstić information content (AvgIpc) is 2.07. The summed E-state index contributed by atoms with van der Waals surface area (Å²) in [5.74, 6) is -0.391. The van der Waals surface area contributed by atoms with Gasteiger partial charge in [0.1, 0.15) is 5.60 Å². The van der Waals surface area contributed by atoms with E-state index in [0.717, 1.165) is 0 Å². The summed E-state index contributed by atoms with van der Waals surface area (Å²) >= 11 is 0. The van der Waals surface area contributed by atoms with Gasteiger partial charge in [0.05, 0.1) is 0 Å². The molecule has 0 aromatic rings. The molecule has 0 aromatic heterocycles. The highest BCUT2D eigenvalue weighted by molar-refractivity contribution is 5.84. The molecule has 1 atom stereocenters. The molecule has 5 nitrogen and oxygen atoms in total. The van der Waals surface area contributed by atoms with E-state index in [9.17, 15) is 14.7 Å². The lowest BCUT2D eigenvalue weighted by atomic mass is 10.0. The molecular formula is C9H16N2O3. The minimum atomic E-state index is -1.36. The summed E-state index contributed by atoms with van der Waals surface area (Å²) in [6, 6.07) is -0.0633. The normalized spacial score (nSPS) is 22.8. The fraction of sp³-hybridized carbons (Fsp3) is 0.778. The van der Waals surface area contributed by atoms with Gasteiger partial charge in [0.15, 0.2) is 0 Å². The smallest absolute Gasteiger partial charge is 0.251 e. The van der Waals surface area contributed by atoms with Crippen molar-refractivity contribution in [2.24, 2.45) is 0 Å². The van der Waals surface area contributed by atoms with Crippen LogP contribution in [0.4, 0.5) is 0 Å². The van der Waals surface area contributed by atoms with E-state index >= 15 is 0 Å². The third-order valence-corrected chi connectivity index (χ3v) is 2.16. The van der Waals surface area contributed by atoms with E-state index in [4.69, 9.17) is 0 Å². The van der Waals surface area contributed by atoms with Crippen LogP contribution in [0.25, 0.3) is 0 Å². The molecule has 1 aliphatic rings. The SMILES string of the molecule is CC(C)(O)C(=O)NC1CCC(=O)NC1. The van der Waals surface area contributed by atoms with Crippen molar-refractivity contribution in [3.05, 3.63) is 0 Å². The Hall–Kier alpha value is -1.10. The quantitative estimate of drug-likeness (QED) is 0.543. The maximum Gasteiger partial charge on any atom is 0.251 e. The second-order valence-electron chi connectivity index (χ2n) is 4.07. The number of carbonyl (C=O) groups excluding carboxylic acids is 2. The van der Waals surface area contributed by atoms with Crippen molar-refractivity contribution in [3.63, 3.8) is 0 Å². The predicted molar refractivity (Wildman–Crippen MR) is 50.5 cm³/mol. The van der Waals surface area contributed by atoms with Crippen molar-refractivity contribution < 1.29 is 14.7 Å². The van der Waals surface area contributed by atoms with Crippen molar-refractivity contribution in [1.82, 2.24) is 10.6 Å². The molecule has 5 heteroatoms. The summed E-state index contributed by atoms with van der Waals surface area (Å²) in [7, 11) is 0. The highest BCUT2D eigenvalue weighted by atomic mass is 16.3. The highest BCUT2D eigenvalue weighted by Crippen LogP contribution is 2.06.